The van der Waals surface area contributed by atoms with Gasteiger partial charge in [0.2, 0.25) is 5.91 Å². The van der Waals surface area contributed by atoms with Crippen molar-refractivity contribution in [1.82, 2.24) is 9.88 Å². The number of rotatable bonds is 2. The van der Waals surface area contributed by atoms with Crippen LogP contribution in [0, 0.1) is 17.6 Å². The minimum Gasteiger partial charge on any atom is -0.378 e. The molecule has 1 atom stereocenters. The summed E-state index contributed by atoms with van der Waals surface area (Å²) in [4.78, 5) is 20.7. The smallest absolute Gasteiger partial charge is 0.227 e. The Morgan fingerprint density at radius 3 is 2.83 bits per heavy atom. The van der Waals surface area contributed by atoms with Gasteiger partial charge in [0.25, 0.3) is 0 Å². The second kappa shape index (κ2) is 6.25. The Balaban J connectivity index is 1.50. The fourth-order valence-electron chi connectivity index (χ4n) is 3.26. The highest BCUT2D eigenvalue weighted by Crippen LogP contribution is 2.34. The Kier molecular flexibility index (Phi) is 4.09. The van der Waals surface area contributed by atoms with E-state index in [1.54, 1.807) is 0 Å². The zero-order valence-corrected chi connectivity index (χ0v) is 13.8. The van der Waals surface area contributed by atoms with Gasteiger partial charge in [-0.25, -0.2) is 13.8 Å². The van der Waals surface area contributed by atoms with Crippen molar-refractivity contribution < 1.29 is 18.3 Å². The van der Waals surface area contributed by atoms with Gasteiger partial charge in [-0.2, -0.15) is 0 Å². The van der Waals surface area contributed by atoms with Crippen molar-refractivity contribution in [2.75, 3.05) is 44.3 Å². The third-order valence-electron chi connectivity index (χ3n) is 4.53. The second-order valence-electron chi connectivity index (χ2n) is 6.10. The number of hydrogen-bond donors (Lipinski definition) is 0. The molecule has 4 rings (SSSR count). The van der Waals surface area contributed by atoms with Crippen LogP contribution in [0.2, 0.25) is 0 Å². The summed E-state index contributed by atoms with van der Waals surface area (Å²) in [6, 6.07) is 2.15. The lowest BCUT2D eigenvalue weighted by Gasteiger charge is -2.29. The quantitative estimate of drug-likeness (QED) is 0.831. The van der Waals surface area contributed by atoms with E-state index in [-0.39, 0.29) is 17.3 Å². The predicted octanol–water partition coefficient (Wildman–Crippen LogP) is 2.26. The highest BCUT2D eigenvalue weighted by atomic mass is 32.1. The minimum absolute atomic E-state index is 0.0725. The Bertz CT molecular complexity index is 776. The maximum absolute atomic E-state index is 13.8. The summed E-state index contributed by atoms with van der Waals surface area (Å²) in [6.07, 6.45) is 0.753. The van der Waals surface area contributed by atoms with E-state index in [1.807, 2.05) is 9.80 Å². The normalized spacial score (nSPS) is 21.7. The Labute approximate surface area is 141 Å². The number of nitrogens with zero attached hydrogens (tertiary/aromatic N) is 3. The fourth-order valence-corrected chi connectivity index (χ4v) is 4.30. The van der Waals surface area contributed by atoms with E-state index in [9.17, 15) is 13.6 Å². The first-order valence-corrected chi connectivity index (χ1v) is 8.80. The molecular weight excluding hydrogens is 336 g/mol. The molecule has 0 aliphatic carbocycles. The molecule has 2 aromatic rings. The van der Waals surface area contributed by atoms with Gasteiger partial charge >= 0.3 is 0 Å². The molecule has 128 valence electrons. The van der Waals surface area contributed by atoms with Gasteiger partial charge in [-0.1, -0.05) is 11.3 Å². The van der Waals surface area contributed by atoms with Crippen molar-refractivity contribution in [3.63, 3.8) is 0 Å². The van der Waals surface area contributed by atoms with E-state index in [0.29, 0.717) is 49.2 Å². The number of hydrogen-bond acceptors (Lipinski definition) is 5. The van der Waals surface area contributed by atoms with Crippen molar-refractivity contribution in [3.8, 4) is 0 Å². The number of morpholine rings is 1. The number of aromatic nitrogens is 1. The average Bonchev–Trinajstić information content (AvgIpc) is 3.21. The third-order valence-corrected chi connectivity index (χ3v) is 5.60. The molecule has 0 saturated carbocycles. The van der Waals surface area contributed by atoms with Crippen molar-refractivity contribution in [2.24, 2.45) is 5.92 Å². The summed E-state index contributed by atoms with van der Waals surface area (Å²) in [5.74, 6) is -1.17. The SMILES string of the molecule is O=C(C1CCN(c2nc3c(F)cc(F)cc3s2)C1)N1CCOCC1. The van der Waals surface area contributed by atoms with E-state index in [1.165, 1.54) is 17.4 Å². The van der Waals surface area contributed by atoms with Gasteiger partial charge in [0.1, 0.15) is 11.3 Å². The minimum atomic E-state index is -0.646. The maximum Gasteiger partial charge on any atom is 0.227 e. The summed E-state index contributed by atoms with van der Waals surface area (Å²) >= 11 is 1.26. The second-order valence-corrected chi connectivity index (χ2v) is 7.11. The first kappa shape index (κ1) is 15.7. The van der Waals surface area contributed by atoms with Gasteiger partial charge in [0, 0.05) is 32.2 Å². The number of anilines is 1. The van der Waals surface area contributed by atoms with Crippen LogP contribution in [-0.4, -0.2) is 55.2 Å². The van der Waals surface area contributed by atoms with Crippen molar-refractivity contribution in [1.29, 1.82) is 0 Å². The summed E-state index contributed by atoms with van der Waals surface area (Å²) in [7, 11) is 0. The highest BCUT2D eigenvalue weighted by molar-refractivity contribution is 7.22. The van der Waals surface area contributed by atoms with E-state index in [0.717, 1.165) is 12.5 Å². The van der Waals surface area contributed by atoms with Crippen molar-refractivity contribution in [2.45, 2.75) is 6.42 Å². The first-order chi connectivity index (χ1) is 11.6. The van der Waals surface area contributed by atoms with Crippen LogP contribution in [0.5, 0.6) is 0 Å². The molecule has 24 heavy (non-hydrogen) atoms. The maximum atomic E-state index is 13.8. The van der Waals surface area contributed by atoms with Crippen LogP contribution < -0.4 is 4.90 Å². The first-order valence-electron chi connectivity index (χ1n) is 7.99. The largest absolute Gasteiger partial charge is 0.378 e. The van der Waals surface area contributed by atoms with Crippen LogP contribution in [0.4, 0.5) is 13.9 Å². The van der Waals surface area contributed by atoms with Crippen LogP contribution >= 0.6 is 11.3 Å². The van der Waals surface area contributed by atoms with Crippen molar-refractivity contribution >= 4 is 32.6 Å². The van der Waals surface area contributed by atoms with E-state index >= 15 is 0 Å². The van der Waals surface area contributed by atoms with E-state index in [4.69, 9.17) is 4.74 Å². The molecule has 0 spiro atoms. The molecule has 8 heteroatoms. The van der Waals surface area contributed by atoms with Gasteiger partial charge in [0.15, 0.2) is 10.9 Å². The topological polar surface area (TPSA) is 45.7 Å². The monoisotopic (exact) mass is 353 g/mol. The molecule has 3 heterocycles. The van der Waals surface area contributed by atoms with Crippen LogP contribution in [0.15, 0.2) is 12.1 Å². The molecule has 2 aliphatic heterocycles. The summed E-state index contributed by atoms with van der Waals surface area (Å²) < 4.78 is 32.9. The van der Waals surface area contributed by atoms with Crippen LogP contribution in [-0.2, 0) is 9.53 Å². The highest BCUT2D eigenvalue weighted by Gasteiger charge is 2.33. The predicted molar refractivity (Wildman–Crippen MR) is 87.3 cm³/mol. The zero-order chi connectivity index (χ0) is 16.7. The van der Waals surface area contributed by atoms with Gasteiger partial charge in [-0.15, -0.1) is 0 Å². The molecule has 5 nitrogen and oxygen atoms in total. The van der Waals surface area contributed by atoms with Crippen LogP contribution in [0.25, 0.3) is 10.2 Å². The van der Waals surface area contributed by atoms with Gasteiger partial charge in [0.05, 0.1) is 23.8 Å². The summed E-state index contributed by atoms with van der Waals surface area (Å²) in [6.45, 7) is 3.72. The molecule has 2 fully saturated rings. The lowest BCUT2D eigenvalue weighted by atomic mass is 10.1. The average molecular weight is 353 g/mol. The number of fused-ring (bicyclic) bond motifs is 1. The molecule has 0 bridgehead atoms. The number of carbonyl (C=O) groups is 1. The summed E-state index contributed by atoms with van der Waals surface area (Å²) in [5, 5.41) is 0.645. The van der Waals surface area contributed by atoms with E-state index < -0.39 is 11.6 Å². The zero-order valence-electron chi connectivity index (χ0n) is 13.0. The number of benzene rings is 1. The van der Waals surface area contributed by atoms with Gasteiger partial charge < -0.3 is 14.5 Å². The number of halogens is 2. The summed E-state index contributed by atoms with van der Waals surface area (Å²) in [5.41, 5.74) is 0.194. The number of thiazole rings is 1. The molecular formula is C16H17F2N3O2S. The molecule has 1 unspecified atom stereocenters. The number of ether oxygens (including phenoxy) is 1. The number of carbonyl (C=O) groups excluding carboxylic acids is 1. The van der Waals surface area contributed by atoms with Crippen LogP contribution in [0.3, 0.4) is 0 Å². The molecule has 1 amide bonds. The standard InChI is InChI=1S/C16H17F2N3O2S/c17-11-7-12(18)14-13(8-11)24-16(19-14)21-2-1-10(9-21)15(22)20-3-5-23-6-4-20/h7-8,10H,1-6,9H2. The number of amides is 1. The molecule has 2 saturated heterocycles. The van der Waals surface area contributed by atoms with Crippen LogP contribution in [0.1, 0.15) is 6.42 Å². The van der Waals surface area contributed by atoms with Crippen molar-refractivity contribution in [3.05, 3.63) is 23.8 Å². The van der Waals surface area contributed by atoms with Gasteiger partial charge in [-0.3, -0.25) is 4.79 Å². The third kappa shape index (κ3) is 2.84. The Hall–Kier alpha value is -1.80. The molecule has 0 radical (unpaired) electrons. The Morgan fingerprint density at radius 1 is 1.25 bits per heavy atom. The lowest BCUT2D eigenvalue weighted by Crippen LogP contribution is -2.44. The molecule has 2 aliphatic rings. The fraction of sp³-hybridized carbons (Fsp3) is 0.500. The van der Waals surface area contributed by atoms with E-state index in [2.05, 4.69) is 4.98 Å². The Morgan fingerprint density at radius 2 is 2.04 bits per heavy atom. The molecule has 1 aromatic carbocycles. The molecule has 1 aromatic heterocycles. The molecule has 0 N–H and O–H groups in total. The lowest BCUT2D eigenvalue weighted by molar-refractivity contribution is -0.138. The van der Waals surface area contributed by atoms with Gasteiger partial charge in [-0.05, 0) is 12.5 Å².